The Hall–Kier alpha value is -2.48. The number of hydrogen-bond donors (Lipinski definition) is 0. The lowest BCUT2D eigenvalue weighted by Crippen LogP contribution is -2.32. The number of carbonyl (C=O) groups is 2. The maximum absolute atomic E-state index is 12.9. The Morgan fingerprint density at radius 1 is 1.09 bits per heavy atom. The van der Waals surface area contributed by atoms with Gasteiger partial charge in [0.2, 0.25) is 0 Å². The van der Waals surface area contributed by atoms with Crippen LogP contribution in [0.2, 0.25) is 5.02 Å². The van der Waals surface area contributed by atoms with E-state index in [1.165, 1.54) is 4.90 Å². The zero-order valence-electron chi connectivity index (χ0n) is 17.5. The Kier molecular flexibility index (Phi) is 6.79. The molecule has 2 amide bonds. The molecule has 1 aliphatic heterocycles. The van der Waals surface area contributed by atoms with Crippen molar-refractivity contribution in [3.63, 3.8) is 0 Å². The monoisotopic (exact) mass is 530 g/mol. The van der Waals surface area contributed by atoms with Crippen molar-refractivity contribution in [3.8, 4) is 11.4 Å². The predicted octanol–water partition coefficient (Wildman–Crippen LogP) is 6.63. The van der Waals surface area contributed by atoms with Gasteiger partial charge in [0.25, 0.3) is 11.1 Å². The fraction of sp³-hybridized carbons (Fsp3) is 0.167. The topological polar surface area (TPSA) is 51.5 Å². The van der Waals surface area contributed by atoms with Crippen LogP contribution in [0.3, 0.4) is 0 Å². The summed E-state index contributed by atoms with van der Waals surface area (Å²) in [7, 11) is 0. The lowest BCUT2D eigenvalue weighted by atomic mass is 10.2. The van der Waals surface area contributed by atoms with Crippen molar-refractivity contribution in [2.75, 3.05) is 13.2 Å². The fourth-order valence-electron chi connectivity index (χ4n) is 3.56. The van der Waals surface area contributed by atoms with Crippen LogP contribution >= 0.6 is 39.3 Å². The van der Waals surface area contributed by atoms with E-state index in [1.54, 1.807) is 18.2 Å². The first-order valence-corrected chi connectivity index (χ1v) is 11.9. The van der Waals surface area contributed by atoms with Gasteiger partial charge in [0.1, 0.15) is 12.4 Å². The summed E-state index contributed by atoms with van der Waals surface area (Å²) in [5.41, 5.74) is 3.98. The minimum Gasteiger partial charge on any atom is -0.490 e. The van der Waals surface area contributed by atoms with Crippen molar-refractivity contribution in [2.45, 2.75) is 13.8 Å². The molecule has 5 nitrogen and oxygen atoms in total. The molecule has 4 rings (SSSR count). The van der Waals surface area contributed by atoms with Crippen LogP contribution in [0.15, 0.2) is 64.0 Å². The van der Waals surface area contributed by atoms with Crippen LogP contribution in [0.1, 0.15) is 17.0 Å². The summed E-state index contributed by atoms with van der Waals surface area (Å²) < 4.78 is 8.77. The number of aryl methyl sites for hydroxylation is 1. The number of ether oxygens (including phenoxy) is 1. The van der Waals surface area contributed by atoms with Crippen molar-refractivity contribution >= 4 is 56.5 Å². The van der Waals surface area contributed by atoms with E-state index < -0.39 is 0 Å². The molecule has 0 saturated carbocycles. The van der Waals surface area contributed by atoms with Crippen molar-refractivity contribution in [1.29, 1.82) is 0 Å². The van der Waals surface area contributed by atoms with Crippen molar-refractivity contribution in [3.05, 3.63) is 85.9 Å². The first kappa shape index (κ1) is 22.7. The second-order valence-corrected chi connectivity index (χ2v) is 9.57. The Balaban J connectivity index is 1.50. The molecule has 0 spiro atoms. The van der Waals surface area contributed by atoms with Gasteiger partial charge in [0, 0.05) is 21.5 Å². The molecule has 3 aromatic rings. The van der Waals surface area contributed by atoms with E-state index in [2.05, 4.69) is 20.5 Å². The molecule has 0 aliphatic carbocycles. The highest BCUT2D eigenvalue weighted by Gasteiger charge is 2.35. The molecule has 2 heterocycles. The third kappa shape index (κ3) is 4.65. The maximum atomic E-state index is 12.9. The zero-order chi connectivity index (χ0) is 22.8. The first-order valence-electron chi connectivity index (χ1n) is 9.92. The average molecular weight is 532 g/mol. The first-order chi connectivity index (χ1) is 15.3. The number of carbonyl (C=O) groups excluding carboxylic acids is 2. The summed E-state index contributed by atoms with van der Waals surface area (Å²) in [4.78, 5) is 26.9. The summed E-state index contributed by atoms with van der Waals surface area (Å²) in [5, 5.41) is 0.188. The highest BCUT2D eigenvalue weighted by Crippen LogP contribution is 2.34. The molecule has 0 radical (unpaired) electrons. The van der Waals surface area contributed by atoms with E-state index in [1.807, 2.05) is 56.3 Å². The third-order valence-corrected chi connectivity index (χ3v) is 6.87. The molecule has 32 heavy (non-hydrogen) atoms. The van der Waals surface area contributed by atoms with Crippen molar-refractivity contribution in [1.82, 2.24) is 9.47 Å². The molecule has 0 atom stereocenters. The zero-order valence-corrected chi connectivity index (χ0v) is 20.6. The maximum Gasteiger partial charge on any atom is 0.293 e. The van der Waals surface area contributed by atoms with E-state index >= 15 is 0 Å². The van der Waals surface area contributed by atoms with E-state index in [4.69, 9.17) is 16.3 Å². The van der Waals surface area contributed by atoms with Gasteiger partial charge in [-0.1, -0.05) is 39.7 Å². The van der Waals surface area contributed by atoms with Crippen LogP contribution in [0.25, 0.3) is 11.8 Å². The summed E-state index contributed by atoms with van der Waals surface area (Å²) >= 11 is 10.5. The normalized spacial score (nSPS) is 15.1. The van der Waals surface area contributed by atoms with Gasteiger partial charge in [-0.2, -0.15) is 0 Å². The molecular formula is C24H20BrClN2O3S. The molecule has 0 unspecified atom stereocenters. The van der Waals surface area contributed by atoms with Crippen LogP contribution in [0.5, 0.6) is 5.75 Å². The van der Waals surface area contributed by atoms with Crippen LogP contribution < -0.4 is 4.74 Å². The number of aromatic nitrogens is 1. The second kappa shape index (κ2) is 9.57. The molecule has 0 bridgehead atoms. The van der Waals surface area contributed by atoms with Gasteiger partial charge in [0.15, 0.2) is 0 Å². The summed E-state index contributed by atoms with van der Waals surface area (Å²) in [6.45, 7) is 4.35. The molecular weight excluding hydrogens is 512 g/mol. The molecule has 8 heteroatoms. The number of benzene rings is 2. The SMILES string of the molecule is Cc1cc(/C=C2\SC(=O)N(CCOc3ccccc3Cl)C2=O)c(C)n1-c1ccc(Br)cc1. The molecule has 2 aromatic carbocycles. The summed E-state index contributed by atoms with van der Waals surface area (Å²) in [5.74, 6) is 0.216. The smallest absolute Gasteiger partial charge is 0.293 e. The van der Waals surface area contributed by atoms with Crippen LogP contribution in [0, 0.1) is 13.8 Å². The summed E-state index contributed by atoms with van der Waals surface area (Å²) in [6.07, 6.45) is 1.79. The van der Waals surface area contributed by atoms with Gasteiger partial charge in [0.05, 0.1) is 16.5 Å². The van der Waals surface area contributed by atoms with E-state index in [0.717, 1.165) is 38.9 Å². The van der Waals surface area contributed by atoms with E-state index in [0.29, 0.717) is 15.7 Å². The minimum absolute atomic E-state index is 0.158. The predicted molar refractivity (Wildman–Crippen MR) is 133 cm³/mol. The molecule has 1 saturated heterocycles. The Bertz CT molecular complexity index is 1220. The van der Waals surface area contributed by atoms with Crippen molar-refractivity contribution < 1.29 is 14.3 Å². The van der Waals surface area contributed by atoms with Gasteiger partial charge >= 0.3 is 0 Å². The molecule has 164 valence electrons. The number of hydrogen-bond acceptors (Lipinski definition) is 4. The van der Waals surface area contributed by atoms with Gasteiger partial charge in [-0.3, -0.25) is 14.5 Å². The quantitative estimate of drug-likeness (QED) is 0.335. The molecule has 0 N–H and O–H groups in total. The van der Waals surface area contributed by atoms with Gasteiger partial charge in [-0.05, 0) is 79.7 Å². The van der Waals surface area contributed by atoms with Gasteiger partial charge in [-0.15, -0.1) is 0 Å². The molecule has 1 aliphatic rings. The number of amides is 2. The third-order valence-electron chi connectivity index (χ3n) is 5.12. The standard InChI is InChI=1S/C24H20BrClN2O3S/c1-15-13-17(16(2)28(15)19-9-7-18(25)8-10-19)14-22-23(29)27(24(30)32-22)11-12-31-21-6-4-3-5-20(21)26/h3-10,13-14H,11-12H2,1-2H3/b22-14-. The second-order valence-electron chi connectivity index (χ2n) is 7.25. The number of imide groups is 1. The van der Waals surface area contributed by atoms with E-state index in [-0.39, 0.29) is 24.3 Å². The number of rotatable bonds is 6. The Morgan fingerprint density at radius 2 is 1.81 bits per heavy atom. The lowest BCUT2D eigenvalue weighted by molar-refractivity contribution is -0.123. The van der Waals surface area contributed by atoms with Crippen LogP contribution in [-0.4, -0.2) is 33.8 Å². The van der Waals surface area contributed by atoms with Crippen LogP contribution in [0.4, 0.5) is 4.79 Å². The number of para-hydroxylation sites is 1. The Morgan fingerprint density at radius 3 is 2.53 bits per heavy atom. The van der Waals surface area contributed by atoms with Gasteiger partial charge in [-0.25, -0.2) is 0 Å². The van der Waals surface area contributed by atoms with Crippen LogP contribution in [-0.2, 0) is 4.79 Å². The number of nitrogens with zero attached hydrogens (tertiary/aromatic N) is 2. The Labute approximate surface area is 204 Å². The van der Waals surface area contributed by atoms with Gasteiger partial charge < -0.3 is 9.30 Å². The number of thioether (sulfide) groups is 1. The minimum atomic E-state index is -0.309. The fourth-order valence-corrected chi connectivity index (χ4v) is 4.87. The largest absolute Gasteiger partial charge is 0.490 e. The van der Waals surface area contributed by atoms with Crippen molar-refractivity contribution in [2.24, 2.45) is 0 Å². The summed E-state index contributed by atoms with van der Waals surface area (Å²) in [6, 6.07) is 17.2. The molecule has 1 fully saturated rings. The lowest BCUT2D eigenvalue weighted by Gasteiger charge is -2.13. The highest BCUT2D eigenvalue weighted by molar-refractivity contribution is 9.10. The highest BCUT2D eigenvalue weighted by atomic mass is 79.9. The number of halogens is 2. The average Bonchev–Trinajstić information content (AvgIpc) is 3.19. The molecule has 1 aromatic heterocycles. The van der Waals surface area contributed by atoms with E-state index in [9.17, 15) is 9.59 Å².